The van der Waals surface area contributed by atoms with Crippen LogP contribution in [0.15, 0.2) is 17.5 Å². The zero-order chi connectivity index (χ0) is 17.3. The van der Waals surface area contributed by atoms with Gasteiger partial charge in [0.1, 0.15) is 5.69 Å². The van der Waals surface area contributed by atoms with Crippen molar-refractivity contribution in [2.45, 2.75) is 39.7 Å². The first-order valence-electron chi connectivity index (χ1n) is 8.25. The van der Waals surface area contributed by atoms with Gasteiger partial charge in [-0.15, -0.1) is 11.3 Å². The van der Waals surface area contributed by atoms with Crippen LogP contribution in [-0.2, 0) is 4.74 Å². The molecular weight excluding hydrogens is 324 g/mol. The van der Waals surface area contributed by atoms with Gasteiger partial charge in [-0.05, 0) is 50.6 Å². The minimum absolute atomic E-state index is 0.0398. The number of aromatic amines is 1. The zero-order valence-electron chi connectivity index (χ0n) is 14.2. The van der Waals surface area contributed by atoms with Crippen molar-refractivity contribution in [2.75, 3.05) is 13.2 Å². The number of likely N-dealkylation sites (tertiary alicyclic amines) is 1. The minimum atomic E-state index is -0.376. The lowest BCUT2D eigenvalue weighted by Crippen LogP contribution is -2.31. The molecule has 1 unspecified atom stereocenters. The highest BCUT2D eigenvalue weighted by atomic mass is 32.1. The molecule has 0 spiro atoms. The molecule has 1 aliphatic heterocycles. The molecule has 0 radical (unpaired) electrons. The van der Waals surface area contributed by atoms with Gasteiger partial charge in [0, 0.05) is 17.1 Å². The van der Waals surface area contributed by atoms with E-state index in [0.29, 0.717) is 29.1 Å². The molecule has 1 aliphatic rings. The van der Waals surface area contributed by atoms with Crippen molar-refractivity contribution in [1.29, 1.82) is 0 Å². The third-order valence-corrected chi connectivity index (χ3v) is 5.49. The summed E-state index contributed by atoms with van der Waals surface area (Å²) in [6, 6.07) is 4.23. The molecule has 2 aromatic rings. The van der Waals surface area contributed by atoms with Crippen LogP contribution in [0, 0.1) is 13.8 Å². The highest BCUT2D eigenvalue weighted by molar-refractivity contribution is 7.10. The van der Waals surface area contributed by atoms with E-state index in [0.717, 1.165) is 19.4 Å². The Labute approximate surface area is 145 Å². The molecule has 2 aromatic heterocycles. The quantitative estimate of drug-likeness (QED) is 0.856. The second-order valence-corrected chi connectivity index (χ2v) is 7.00. The minimum Gasteiger partial charge on any atom is -0.462 e. The Hall–Kier alpha value is -2.08. The van der Waals surface area contributed by atoms with Crippen LogP contribution in [0.1, 0.15) is 62.8 Å². The Balaban J connectivity index is 1.90. The summed E-state index contributed by atoms with van der Waals surface area (Å²) in [6.45, 7) is 6.44. The third kappa shape index (κ3) is 2.86. The number of ether oxygens (including phenoxy) is 1. The third-order valence-electron chi connectivity index (χ3n) is 4.52. The molecule has 0 bridgehead atoms. The maximum atomic E-state index is 13.1. The van der Waals surface area contributed by atoms with E-state index in [9.17, 15) is 9.59 Å². The van der Waals surface area contributed by atoms with E-state index in [1.807, 2.05) is 16.3 Å². The number of rotatable bonds is 4. The first-order valence-corrected chi connectivity index (χ1v) is 9.13. The number of carbonyl (C=O) groups is 2. The Morgan fingerprint density at radius 2 is 2.21 bits per heavy atom. The number of H-pyrrole nitrogens is 1. The molecule has 0 aromatic carbocycles. The Morgan fingerprint density at radius 1 is 1.42 bits per heavy atom. The van der Waals surface area contributed by atoms with Crippen molar-refractivity contribution in [3.05, 3.63) is 44.9 Å². The van der Waals surface area contributed by atoms with Crippen molar-refractivity contribution in [3.63, 3.8) is 0 Å². The molecule has 128 valence electrons. The lowest BCUT2D eigenvalue weighted by molar-refractivity contribution is 0.0525. The number of thiophene rings is 1. The molecule has 0 saturated carbocycles. The molecule has 1 N–H and O–H groups in total. The molecule has 1 amide bonds. The highest BCUT2D eigenvalue weighted by Gasteiger charge is 2.34. The van der Waals surface area contributed by atoms with Gasteiger partial charge in [0.15, 0.2) is 0 Å². The number of carbonyl (C=O) groups excluding carboxylic acids is 2. The van der Waals surface area contributed by atoms with Gasteiger partial charge < -0.3 is 14.6 Å². The van der Waals surface area contributed by atoms with Gasteiger partial charge in [-0.2, -0.15) is 0 Å². The monoisotopic (exact) mass is 346 g/mol. The van der Waals surface area contributed by atoms with Crippen molar-refractivity contribution >= 4 is 23.2 Å². The van der Waals surface area contributed by atoms with Crippen LogP contribution < -0.4 is 0 Å². The molecule has 1 atom stereocenters. The fraction of sp³-hybridized carbons (Fsp3) is 0.444. The van der Waals surface area contributed by atoms with Crippen LogP contribution >= 0.6 is 11.3 Å². The number of nitrogens with zero attached hydrogens (tertiary/aromatic N) is 1. The van der Waals surface area contributed by atoms with Crippen molar-refractivity contribution < 1.29 is 14.3 Å². The zero-order valence-corrected chi connectivity index (χ0v) is 15.0. The summed E-state index contributed by atoms with van der Waals surface area (Å²) < 4.78 is 5.11. The molecule has 24 heavy (non-hydrogen) atoms. The van der Waals surface area contributed by atoms with Crippen LogP contribution in [0.5, 0.6) is 0 Å². The van der Waals surface area contributed by atoms with Gasteiger partial charge in [0.05, 0.1) is 18.2 Å². The van der Waals surface area contributed by atoms with Gasteiger partial charge in [-0.3, -0.25) is 4.79 Å². The predicted molar refractivity (Wildman–Crippen MR) is 93.6 cm³/mol. The normalized spacial score (nSPS) is 17.3. The summed E-state index contributed by atoms with van der Waals surface area (Å²) in [5.74, 6) is -0.416. The van der Waals surface area contributed by atoms with Crippen molar-refractivity contribution in [3.8, 4) is 0 Å². The summed E-state index contributed by atoms with van der Waals surface area (Å²) in [4.78, 5) is 31.4. The average Bonchev–Trinajstić information content (AvgIpc) is 3.25. The van der Waals surface area contributed by atoms with E-state index in [1.165, 1.54) is 4.88 Å². The maximum absolute atomic E-state index is 13.1. The number of hydrogen-bond acceptors (Lipinski definition) is 4. The smallest absolute Gasteiger partial charge is 0.340 e. The average molecular weight is 346 g/mol. The fourth-order valence-electron chi connectivity index (χ4n) is 3.40. The van der Waals surface area contributed by atoms with Crippen LogP contribution in [0.2, 0.25) is 0 Å². The van der Waals surface area contributed by atoms with E-state index in [-0.39, 0.29) is 17.9 Å². The lowest BCUT2D eigenvalue weighted by Gasteiger charge is -2.23. The Bertz CT molecular complexity index is 749. The second-order valence-electron chi connectivity index (χ2n) is 6.02. The number of esters is 1. The van der Waals surface area contributed by atoms with Gasteiger partial charge in [-0.25, -0.2) is 4.79 Å². The SMILES string of the molecule is CCOC(=O)c1c(C)[nH]c(C(=O)N2CCCC2c2cccs2)c1C. The molecule has 1 saturated heterocycles. The molecule has 3 rings (SSSR count). The van der Waals surface area contributed by atoms with E-state index in [1.54, 1.807) is 32.1 Å². The fourth-order valence-corrected chi connectivity index (χ4v) is 4.28. The first-order chi connectivity index (χ1) is 11.5. The van der Waals surface area contributed by atoms with E-state index in [4.69, 9.17) is 4.74 Å². The lowest BCUT2D eigenvalue weighted by atomic mass is 10.1. The Morgan fingerprint density at radius 3 is 2.88 bits per heavy atom. The van der Waals surface area contributed by atoms with E-state index in [2.05, 4.69) is 11.1 Å². The molecule has 0 aliphatic carbocycles. The van der Waals surface area contributed by atoms with Gasteiger partial charge >= 0.3 is 5.97 Å². The van der Waals surface area contributed by atoms with Crippen LogP contribution in [0.3, 0.4) is 0 Å². The van der Waals surface area contributed by atoms with Crippen molar-refractivity contribution in [2.24, 2.45) is 0 Å². The molecule has 6 heteroatoms. The van der Waals surface area contributed by atoms with Crippen molar-refractivity contribution in [1.82, 2.24) is 9.88 Å². The summed E-state index contributed by atoms with van der Waals surface area (Å²) in [5, 5.41) is 2.04. The van der Waals surface area contributed by atoms with Crippen LogP contribution in [-0.4, -0.2) is 34.9 Å². The van der Waals surface area contributed by atoms with Gasteiger partial charge in [0.25, 0.3) is 5.91 Å². The standard InChI is InChI=1S/C18H22N2O3S/c1-4-23-18(22)15-11(2)16(19-12(15)3)17(21)20-9-5-7-13(20)14-8-6-10-24-14/h6,8,10,13,19H,4-5,7,9H2,1-3H3. The Kier molecular flexibility index (Phi) is 4.76. The predicted octanol–water partition coefficient (Wildman–Crippen LogP) is 3.85. The first kappa shape index (κ1) is 16.8. The summed E-state index contributed by atoms with van der Waals surface area (Å²) in [6.07, 6.45) is 1.98. The number of hydrogen-bond donors (Lipinski definition) is 1. The number of aryl methyl sites for hydroxylation is 1. The summed E-state index contributed by atoms with van der Waals surface area (Å²) >= 11 is 1.68. The van der Waals surface area contributed by atoms with Crippen LogP contribution in [0.4, 0.5) is 0 Å². The van der Waals surface area contributed by atoms with E-state index < -0.39 is 0 Å². The van der Waals surface area contributed by atoms with E-state index >= 15 is 0 Å². The largest absolute Gasteiger partial charge is 0.462 e. The van der Waals surface area contributed by atoms with Gasteiger partial charge in [0.2, 0.25) is 0 Å². The summed E-state index contributed by atoms with van der Waals surface area (Å²) in [5.41, 5.74) is 2.33. The number of aromatic nitrogens is 1. The number of nitrogens with one attached hydrogen (secondary N) is 1. The topological polar surface area (TPSA) is 62.4 Å². The molecule has 3 heterocycles. The molecule has 5 nitrogen and oxygen atoms in total. The number of amides is 1. The highest BCUT2D eigenvalue weighted by Crippen LogP contribution is 2.36. The summed E-state index contributed by atoms with van der Waals surface area (Å²) in [7, 11) is 0. The van der Waals surface area contributed by atoms with Gasteiger partial charge in [-0.1, -0.05) is 6.07 Å². The second kappa shape index (κ2) is 6.81. The van der Waals surface area contributed by atoms with Crippen LogP contribution in [0.25, 0.3) is 0 Å². The maximum Gasteiger partial charge on any atom is 0.340 e. The molecule has 1 fully saturated rings. The molecular formula is C18H22N2O3S.